The van der Waals surface area contributed by atoms with Crippen LogP contribution in [0.3, 0.4) is 0 Å². The lowest BCUT2D eigenvalue weighted by molar-refractivity contribution is -0.232. The monoisotopic (exact) mass is 589 g/mol. The van der Waals surface area contributed by atoms with Gasteiger partial charge in [-0.2, -0.15) is 0 Å². The first kappa shape index (κ1) is 28.6. The van der Waals surface area contributed by atoms with Crippen LogP contribution in [-0.2, 0) is 0 Å². The van der Waals surface area contributed by atoms with Crippen molar-refractivity contribution in [2.75, 3.05) is 13.1 Å². The van der Waals surface area contributed by atoms with Gasteiger partial charge in [-0.3, -0.25) is 4.90 Å². The van der Waals surface area contributed by atoms with Gasteiger partial charge in [-0.1, -0.05) is 32.6 Å². The third kappa shape index (κ3) is 4.09. The van der Waals surface area contributed by atoms with E-state index in [0.717, 1.165) is 51.0 Å². The van der Waals surface area contributed by atoms with Gasteiger partial charge in [-0.05, 0) is 148 Å². The molecule has 43 heavy (non-hydrogen) atoms. The molecule has 0 radical (unpaired) electrons. The van der Waals surface area contributed by atoms with E-state index in [-0.39, 0.29) is 23.5 Å². The normalized spacial score (nSPS) is 58.3. The Morgan fingerprint density at radius 1 is 0.791 bits per heavy atom. The molecule has 3 N–H and O–H groups in total. The van der Waals surface area contributed by atoms with Gasteiger partial charge in [0.25, 0.3) is 0 Å². The molecule has 1 spiro atoms. The van der Waals surface area contributed by atoms with Crippen molar-refractivity contribution in [3.8, 4) is 11.8 Å². The fraction of sp³-hybridized carbons (Fsp3) is 0.949. The van der Waals surface area contributed by atoms with Crippen LogP contribution in [0.4, 0.5) is 0 Å². The predicted molar refractivity (Wildman–Crippen MR) is 169 cm³/mol. The largest absolute Gasteiger partial charge is 0.393 e. The lowest BCUT2D eigenvalue weighted by atomic mass is 9.47. The maximum Gasteiger partial charge on any atom is 0.0873 e. The zero-order chi connectivity index (χ0) is 29.3. The summed E-state index contributed by atoms with van der Waals surface area (Å²) in [6.45, 7) is 7.27. The van der Waals surface area contributed by atoms with E-state index in [9.17, 15) is 15.3 Å². The molecule has 8 fully saturated rings. The van der Waals surface area contributed by atoms with Crippen LogP contribution in [0.1, 0.15) is 117 Å². The van der Waals surface area contributed by atoms with Crippen molar-refractivity contribution in [1.82, 2.24) is 4.90 Å². The third-order valence-corrected chi connectivity index (χ3v) is 16.8. The quantitative estimate of drug-likeness (QED) is 0.292. The van der Waals surface area contributed by atoms with Crippen LogP contribution in [0.5, 0.6) is 0 Å². The van der Waals surface area contributed by atoms with Gasteiger partial charge in [0, 0.05) is 37.4 Å². The Morgan fingerprint density at radius 2 is 1.60 bits per heavy atom. The Labute approximate surface area is 261 Å². The Kier molecular flexibility index (Phi) is 6.62. The molecule has 238 valence electrons. The highest BCUT2D eigenvalue weighted by Crippen LogP contribution is 2.69. The number of hydrogen-bond donors (Lipinski definition) is 3. The molecule has 2 heterocycles. The molecule has 7 aliphatic carbocycles. The number of aliphatic hydroxyl groups excluding tert-OH is 2. The minimum absolute atomic E-state index is 0.138. The van der Waals surface area contributed by atoms with Crippen LogP contribution in [-0.4, -0.2) is 57.2 Å². The zero-order valence-corrected chi connectivity index (χ0v) is 27.1. The van der Waals surface area contributed by atoms with Gasteiger partial charge < -0.3 is 15.3 Å². The Hall–Kier alpha value is -0.600. The van der Waals surface area contributed by atoms with Crippen LogP contribution in [0.15, 0.2) is 0 Å². The maximum absolute atomic E-state index is 13.8. The first-order chi connectivity index (χ1) is 20.7. The number of nitrogens with zero attached hydrogens (tertiary/aromatic N) is 1. The van der Waals surface area contributed by atoms with Crippen LogP contribution >= 0.6 is 0 Å². The van der Waals surface area contributed by atoms with E-state index in [1.807, 2.05) is 0 Å². The summed E-state index contributed by atoms with van der Waals surface area (Å²) in [6.07, 6.45) is 18.5. The highest BCUT2D eigenvalue weighted by Gasteiger charge is 2.69. The summed E-state index contributed by atoms with van der Waals surface area (Å²) < 4.78 is 0. The van der Waals surface area contributed by atoms with Gasteiger partial charge in [0.15, 0.2) is 0 Å². The summed E-state index contributed by atoms with van der Waals surface area (Å²) in [4.78, 5) is 2.84. The van der Waals surface area contributed by atoms with Crippen LogP contribution < -0.4 is 0 Å². The van der Waals surface area contributed by atoms with Gasteiger partial charge >= 0.3 is 0 Å². The molecule has 9 rings (SSSR count). The van der Waals surface area contributed by atoms with Gasteiger partial charge in [-0.15, -0.1) is 5.92 Å². The molecule has 4 heteroatoms. The Balaban J connectivity index is 1.13. The Bertz CT molecular complexity index is 1170. The molecule has 2 bridgehead atoms. The minimum atomic E-state index is -0.610. The summed E-state index contributed by atoms with van der Waals surface area (Å²) >= 11 is 0. The Morgan fingerprint density at radius 3 is 2.44 bits per heavy atom. The van der Waals surface area contributed by atoms with Crippen LogP contribution in [0.25, 0.3) is 0 Å². The predicted octanol–water partition coefficient (Wildman–Crippen LogP) is 6.27. The molecule has 6 saturated carbocycles. The van der Waals surface area contributed by atoms with Crippen LogP contribution in [0.2, 0.25) is 0 Å². The fourth-order valence-electron chi connectivity index (χ4n) is 15.3. The summed E-state index contributed by atoms with van der Waals surface area (Å²) in [6, 6.07) is 0.318. The SMILES string of the molecule is CC1CCC2N(C1)CC1C3CC4C(CC(O)C5CC(O)CCC54C)C3CC3C#CCC4CC(CC5(CCCC5)C4)C2(O)C31. The smallest absolute Gasteiger partial charge is 0.0873 e. The highest BCUT2D eigenvalue weighted by atomic mass is 16.3. The lowest BCUT2D eigenvalue weighted by Crippen LogP contribution is -2.72. The van der Waals surface area contributed by atoms with Crippen molar-refractivity contribution in [3.63, 3.8) is 0 Å². The summed E-state index contributed by atoms with van der Waals surface area (Å²) in [5.41, 5.74) is -0.00437. The molecular weight excluding hydrogens is 530 g/mol. The molecule has 16 unspecified atom stereocenters. The fourth-order valence-corrected chi connectivity index (χ4v) is 15.3. The average Bonchev–Trinajstić information content (AvgIpc) is 3.58. The van der Waals surface area contributed by atoms with E-state index < -0.39 is 5.60 Å². The lowest BCUT2D eigenvalue weighted by Gasteiger charge is -2.65. The summed E-state index contributed by atoms with van der Waals surface area (Å²) in [5.74, 6) is 13.5. The average molecular weight is 590 g/mol. The molecule has 2 saturated heterocycles. The molecule has 2 aliphatic heterocycles. The van der Waals surface area contributed by atoms with Crippen molar-refractivity contribution >= 4 is 0 Å². The molecular formula is C39H59NO3. The topological polar surface area (TPSA) is 63.9 Å². The van der Waals surface area contributed by atoms with Crippen molar-refractivity contribution < 1.29 is 15.3 Å². The van der Waals surface area contributed by atoms with Gasteiger partial charge in [-0.25, -0.2) is 0 Å². The summed E-state index contributed by atoms with van der Waals surface area (Å²) in [7, 11) is 0. The van der Waals surface area contributed by atoms with Crippen molar-refractivity contribution in [2.24, 2.45) is 75.9 Å². The van der Waals surface area contributed by atoms with E-state index in [0.29, 0.717) is 64.7 Å². The molecule has 0 amide bonds. The second-order valence-corrected chi connectivity index (χ2v) is 18.7. The van der Waals surface area contributed by atoms with Crippen molar-refractivity contribution in [3.05, 3.63) is 0 Å². The van der Waals surface area contributed by atoms with E-state index in [2.05, 4.69) is 30.6 Å². The van der Waals surface area contributed by atoms with E-state index in [1.54, 1.807) is 0 Å². The maximum atomic E-state index is 13.8. The van der Waals surface area contributed by atoms with Crippen molar-refractivity contribution in [2.45, 2.75) is 140 Å². The molecule has 9 aliphatic rings. The number of rotatable bonds is 0. The number of aliphatic hydroxyl groups is 3. The zero-order valence-electron chi connectivity index (χ0n) is 27.1. The molecule has 0 aromatic heterocycles. The summed E-state index contributed by atoms with van der Waals surface area (Å²) in [5, 5.41) is 36.0. The van der Waals surface area contributed by atoms with Gasteiger partial charge in [0.05, 0.1) is 17.8 Å². The number of piperidine rings is 2. The molecule has 0 aromatic carbocycles. The van der Waals surface area contributed by atoms with Crippen LogP contribution in [0, 0.1) is 87.8 Å². The van der Waals surface area contributed by atoms with E-state index >= 15 is 0 Å². The highest BCUT2D eigenvalue weighted by molar-refractivity contribution is 5.24. The minimum Gasteiger partial charge on any atom is -0.393 e. The second-order valence-electron chi connectivity index (χ2n) is 18.7. The standard InChI is InChI=1S/C39H59NO3/c1-23-8-9-35-39(43)26-14-24(19-38(20-26)11-3-4-12-38)6-5-7-25-15-28-29(31(36(25)39)22-40(35)21-23)17-32-30(28)18-34(42)33-16-27(41)10-13-37(32,33)2/h23-36,41-43H,3-4,6,8-22H2,1-2H3. The molecule has 16 atom stereocenters. The first-order valence-corrected chi connectivity index (χ1v) is 19.0. The second kappa shape index (κ2) is 9.95. The van der Waals surface area contributed by atoms with Gasteiger partial charge in [0.2, 0.25) is 0 Å². The third-order valence-electron chi connectivity index (χ3n) is 16.8. The number of fused-ring (bicyclic) bond motifs is 11. The number of hydrogen-bond acceptors (Lipinski definition) is 4. The first-order valence-electron chi connectivity index (χ1n) is 19.0. The van der Waals surface area contributed by atoms with E-state index in [1.165, 1.54) is 70.8 Å². The van der Waals surface area contributed by atoms with Crippen molar-refractivity contribution in [1.29, 1.82) is 0 Å². The molecule has 0 aromatic rings. The molecule has 4 nitrogen and oxygen atoms in total. The van der Waals surface area contributed by atoms with Gasteiger partial charge in [0.1, 0.15) is 0 Å². The van der Waals surface area contributed by atoms with E-state index in [4.69, 9.17) is 0 Å².